The molecule has 0 bridgehead atoms. The monoisotopic (exact) mass is 315 g/mol. The summed E-state index contributed by atoms with van der Waals surface area (Å²) in [6.07, 6.45) is 1.10. The first-order valence-electron chi connectivity index (χ1n) is 7.57. The van der Waals surface area contributed by atoms with E-state index in [-0.39, 0.29) is 11.9 Å². The number of hydrogen-bond acceptors (Lipinski definition) is 1. The van der Waals surface area contributed by atoms with Gasteiger partial charge in [0.05, 0.1) is 6.04 Å². The highest BCUT2D eigenvalue weighted by Gasteiger charge is 2.11. The molecule has 0 aliphatic rings. The molecule has 22 heavy (non-hydrogen) atoms. The number of halogens is 1. The van der Waals surface area contributed by atoms with Gasteiger partial charge in [-0.15, -0.1) is 0 Å². The van der Waals surface area contributed by atoms with E-state index < -0.39 is 0 Å². The van der Waals surface area contributed by atoms with Crippen LogP contribution in [0.25, 0.3) is 0 Å². The normalized spacial score (nSPS) is 12.0. The molecule has 2 aromatic rings. The molecule has 1 atom stereocenters. The lowest BCUT2D eigenvalue weighted by atomic mass is 10.0. The SMILES string of the molecule is Cc1ccc([C@@H](C)NC(=O)CCc2ccccc2Cl)cc1C. The Morgan fingerprint density at radius 3 is 2.55 bits per heavy atom. The highest BCUT2D eigenvalue weighted by Crippen LogP contribution is 2.18. The summed E-state index contributed by atoms with van der Waals surface area (Å²) in [6, 6.07) is 14.0. The van der Waals surface area contributed by atoms with Crippen molar-refractivity contribution in [1.82, 2.24) is 5.32 Å². The lowest BCUT2D eigenvalue weighted by Crippen LogP contribution is -2.26. The fourth-order valence-electron chi connectivity index (χ4n) is 2.38. The van der Waals surface area contributed by atoms with E-state index in [1.807, 2.05) is 31.2 Å². The number of carbonyl (C=O) groups excluding carboxylic acids is 1. The Balaban J connectivity index is 1.91. The molecular formula is C19H22ClNO. The second-order valence-electron chi connectivity index (χ2n) is 5.72. The fourth-order valence-corrected chi connectivity index (χ4v) is 2.61. The third-order valence-electron chi connectivity index (χ3n) is 3.99. The van der Waals surface area contributed by atoms with Gasteiger partial charge in [0.1, 0.15) is 0 Å². The third kappa shape index (κ3) is 4.35. The average Bonchev–Trinajstić information content (AvgIpc) is 2.49. The van der Waals surface area contributed by atoms with E-state index in [9.17, 15) is 4.79 Å². The van der Waals surface area contributed by atoms with Crippen LogP contribution in [0.3, 0.4) is 0 Å². The summed E-state index contributed by atoms with van der Waals surface area (Å²) in [6.45, 7) is 6.19. The lowest BCUT2D eigenvalue weighted by molar-refractivity contribution is -0.121. The minimum absolute atomic E-state index is 0.0121. The number of nitrogens with one attached hydrogen (secondary N) is 1. The van der Waals surface area contributed by atoms with Crippen LogP contribution in [0.4, 0.5) is 0 Å². The van der Waals surface area contributed by atoms with E-state index in [0.29, 0.717) is 12.8 Å². The standard InChI is InChI=1S/C19H22ClNO/c1-13-8-9-17(12-14(13)2)15(3)21-19(22)11-10-16-6-4-5-7-18(16)20/h4-9,12,15H,10-11H2,1-3H3,(H,21,22)/t15-/m1/s1. The van der Waals surface area contributed by atoms with Gasteiger partial charge in [0.25, 0.3) is 0 Å². The highest BCUT2D eigenvalue weighted by atomic mass is 35.5. The van der Waals surface area contributed by atoms with E-state index in [4.69, 9.17) is 11.6 Å². The van der Waals surface area contributed by atoms with Crippen LogP contribution >= 0.6 is 11.6 Å². The molecule has 116 valence electrons. The van der Waals surface area contributed by atoms with Crippen LogP contribution in [0.2, 0.25) is 5.02 Å². The van der Waals surface area contributed by atoms with Crippen molar-refractivity contribution in [3.05, 3.63) is 69.7 Å². The van der Waals surface area contributed by atoms with Crippen LogP contribution in [0.1, 0.15) is 41.6 Å². The van der Waals surface area contributed by atoms with E-state index in [1.54, 1.807) is 0 Å². The second kappa shape index (κ2) is 7.46. The van der Waals surface area contributed by atoms with Crippen molar-refractivity contribution in [3.63, 3.8) is 0 Å². The van der Waals surface area contributed by atoms with Crippen LogP contribution in [-0.2, 0) is 11.2 Å². The molecule has 3 heteroatoms. The Hall–Kier alpha value is -1.80. The molecule has 0 aliphatic heterocycles. The summed E-state index contributed by atoms with van der Waals surface area (Å²) in [5.41, 5.74) is 4.66. The van der Waals surface area contributed by atoms with E-state index in [0.717, 1.165) is 16.1 Å². The fraction of sp³-hybridized carbons (Fsp3) is 0.316. The molecule has 2 aromatic carbocycles. The molecule has 0 aromatic heterocycles. The molecule has 0 aliphatic carbocycles. The summed E-state index contributed by atoms with van der Waals surface area (Å²) in [5, 5.41) is 3.77. The molecule has 0 radical (unpaired) electrons. The quantitative estimate of drug-likeness (QED) is 0.846. The van der Waals surface area contributed by atoms with Crippen molar-refractivity contribution >= 4 is 17.5 Å². The van der Waals surface area contributed by atoms with Gasteiger partial charge in [-0.1, -0.05) is 48.0 Å². The summed E-state index contributed by atoms with van der Waals surface area (Å²) in [7, 11) is 0. The van der Waals surface area contributed by atoms with E-state index in [2.05, 4.69) is 37.4 Å². The van der Waals surface area contributed by atoms with Gasteiger partial charge in [-0.25, -0.2) is 0 Å². The number of benzene rings is 2. The molecule has 0 spiro atoms. The molecule has 1 N–H and O–H groups in total. The number of hydrogen-bond donors (Lipinski definition) is 1. The zero-order valence-electron chi connectivity index (χ0n) is 13.3. The zero-order chi connectivity index (χ0) is 16.1. The molecule has 0 unspecified atom stereocenters. The Morgan fingerprint density at radius 2 is 1.86 bits per heavy atom. The topological polar surface area (TPSA) is 29.1 Å². The molecule has 2 nitrogen and oxygen atoms in total. The van der Waals surface area contributed by atoms with Gasteiger partial charge in [0, 0.05) is 11.4 Å². The van der Waals surface area contributed by atoms with Crippen molar-refractivity contribution in [3.8, 4) is 0 Å². The first-order chi connectivity index (χ1) is 10.5. The number of aryl methyl sites for hydroxylation is 3. The Morgan fingerprint density at radius 1 is 1.14 bits per heavy atom. The maximum Gasteiger partial charge on any atom is 0.220 e. The first-order valence-corrected chi connectivity index (χ1v) is 7.95. The second-order valence-corrected chi connectivity index (χ2v) is 6.13. The Labute approximate surface area is 137 Å². The number of carbonyl (C=O) groups is 1. The molecule has 2 rings (SSSR count). The van der Waals surface area contributed by atoms with E-state index in [1.165, 1.54) is 11.1 Å². The Bertz CT molecular complexity index is 666. The van der Waals surface area contributed by atoms with Crippen molar-refractivity contribution in [2.45, 2.75) is 39.7 Å². The molecule has 1 amide bonds. The van der Waals surface area contributed by atoms with Gasteiger partial charge >= 0.3 is 0 Å². The van der Waals surface area contributed by atoms with Gasteiger partial charge in [0.2, 0.25) is 5.91 Å². The average molecular weight is 316 g/mol. The predicted octanol–water partition coefficient (Wildman–Crippen LogP) is 4.77. The largest absolute Gasteiger partial charge is 0.350 e. The van der Waals surface area contributed by atoms with Crippen molar-refractivity contribution in [2.75, 3.05) is 0 Å². The van der Waals surface area contributed by atoms with Gasteiger partial charge in [-0.2, -0.15) is 0 Å². The summed E-state index contributed by atoms with van der Waals surface area (Å²) in [5.74, 6) is 0.0469. The third-order valence-corrected chi connectivity index (χ3v) is 4.36. The zero-order valence-corrected chi connectivity index (χ0v) is 14.1. The highest BCUT2D eigenvalue weighted by molar-refractivity contribution is 6.31. The van der Waals surface area contributed by atoms with Gasteiger partial charge in [-0.3, -0.25) is 4.79 Å². The van der Waals surface area contributed by atoms with Crippen LogP contribution in [-0.4, -0.2) is 5.91 Å². The summed E-state index contributed by atoms with van der Waals surface area (Å²) < 4.78 is 0. The maximum atomic E-state index is 12.1. The smallest absolute Gasteiger partial charge is 0.220 e. The maximum absolute atomic E-state index is 12.1. The predicted molar refractivity (Wildman–Crippen MR) is 92.2 cm³/mol. The summed E-state index contributed by atoms with van der Waals surface area (Å²) in [4.78, 5) is 12.1. The minimum Gasteiger partial charge on any atom is -0.350 e. The lowest BCUT2D eigenvalue weighted by Gasteiger charge is -2.16. The molecule has 0 saturated carbocycles. The minimum atomic E-state index is 0.0121. The molecular weight excluding hydrogens is 294 g/mol. The van der Waals surface area contributed by atoms with Gasteiger partial charge in [0.15, 0.2) is 0 Å². The summed E-state index contributed by atoms with van der Waals surface area (Å²) >= 11 is 6.11. The van der Waals surface area contributed by atoms with Crippen LogP contribution < -0.4 is 5.32 Å². The molecule has 0 saturated heterocycles. The molecule has 0 fully saturated rings. The molecule has 0 heterocycles. The van der Waals surface area contributed by atoms with E-state index >= 15 is 0 Å². The number of rotatable bonds is 5. The van der Waals surface area contributed by atoms with Gasteiger partial charge < -0.3 is 5.32 Å². The van der Waals surface area contributed by atoms with Crippen molar-refractivity contribution in [1.29, 1.82) is 0 Å². The van der Waals surface area contributed by atoms with Crippen LogP contribution in [0.15, 0.2) is 42.5 Å². The van der Waals surface area contributed by atoms with Crippen molar-refractivity contribution < 1.29 is 4.79 Å². The Kier molecular flexibility index (Phi) is 5.62. The number of amides is 1. The van der Waals surface area contributed by atoms with Gasteiger partial charge in [-0.05, 0) is 55.5 Å². The first kappa shape index (κ1) is 16.6. The van der Waals surface area contributed by atoms with Crippen LogP contribution in [0.5, 0.6) is 0 Å². The van der Waals surface area contributed by atoms with Crippen LogP contribution in [0, 0.1) is 13.8 Å². The van der Waals surface area contributed by atoms with Crippen molar-refractivity contribution in [2.24, 2.45) is 0 Å².